The van der Waals surface area contributed by atoms with Gasteiger partial charge in [0, 0.05) is 32.7 Å². The normalized spacial score (nSPS) is 10.7. The first-order chi connectivity index (χ1) is 13.4. The van der Waals surface area contributed by atoms with Crippen molar-refractivity contribution in [2.75, 3.05) is 33.2 Å². The molecule has 0 fully saturated rings. The molecule has 0 unspecified atom stereocenters. The molecule has 0 aliphatic heterocycles. The maximum atomic E-state index is 11.1. The van der Waals surface area contributed by atoms with Gasteiger partial charge in [0.15, 0.2) is 0 Å². The van der Waals surface area contributed by atoms with E-state index in [2.05, 4.69) is 40.8 Å². The Hall–Kier alpha value is -2.48. The number of carbonyl (C=O) groups is 2. The molecule has 0 saturated heterocycles. The van der Waals surface area contributed by atoms with Gasteiger partial charge in [-0.05, 0) is 49.7 Å². The smallest absolute Gasteiger partial charge is 0.243 e. The standard InChI is InChI=1S/C21H32N4O3/c1-4-20(26)22-12-6-14-24(3)16-18-8-10-19(11-9-18)17-25(28)15-7-13-23-21(27)5-2/h4-5,8-11,28H,1-2,6-7,12-17H2,3H3,(H,22,26)(H,23,27). The summed E-state index contributed by atoms with van der Waals surface area (Å²) in [7, 11) is 2.05. The molecule has 0 bridgehead atoms. The lowest BCUT2D eigenvalue weighted by molar-refractivity contribution is -0.117. The zero-order chi connectivity index (χ0) is 20.8. The van der Waals surface area contributed by atoms with Gasteiger partial charge in [-0.3, -0.25) is 9.59 Å². The summed E-state index contributed by atoms with van der Waals surface area (Å²) in [5, 5.41) is 16.7. The number of nitrogens with zero attached hydrogens (tertiary/aromatic N) is 2. The average Bonchev–Trinajstić information content (AvgIpc) is 2.69. The van der Waals surface area contributed by atoms with Crippen LogP contribution >= 0.6 is 0 Å². The highest BCUT2D eigenvalue weighted by Gasteiger charge is 2.05. The first kappa shape index (κ1) is 23.6. The lowest BCUT2D eigenvalue weighted by Gasteiger charge is -2.18. The van der Waals surface area contributed by atoms with Gasteiger partial charge in [-0.1, -0.05) is 37.4 Å². The first-order valence-electron chi connectivity index (χ1n) is 9.45. The Morgan fingerprint density at radius 1 is 0.929 bits per heavy atom. The van der Waals surface area contributed by atoms with Gasteiger partial charge >= 0.3 is 0 Å². The van der Waals surface area contributed by atoms with Crippen LogP contribution in [0.2, 0.25) is 0 Å². The molecule has 0 aliphatic carbocycles. The SMILES string of the molecule is C=CC(=O)NCCCN(C)Cc1ccc(CN(O)CCCNC(=O)C=C)cc1. The highest BCUT2D eigenvalue weighted by atomic mass is 16.5. The van der Waals surface area contributed by atoms with Crippen molar-refractivity contribution in [1.29, 1.82) is 0 Å². The lowest BCUT2D eigenvalue weighted by atomic mass is 10.1. The molecule has 0 heterocycles. The molecule has 3 N–H and O–H groups in total. The fourth-order valence-electron chi connectivity index (χ4n) is 2.61. The summed E-state index contributed by atoms with van der Waals surface area (Å²) in [6, 6.07) is 8.14. The van der Waals surface area contributed by atoms with E-state index >= 15 is 0 Å². The van der Waals surface area contributed by atoms with Crippen molar-refractivity contribution in [3.8, 4) is 0 Å². The predicted octanol–water partition coefficient (Wildman–Crippen LogP) is 1.69. The van der Waals surface area contributed by atoms with Crippen molar-refractivity contribution in [1.82, 2.24) is 20.6 Å². The van der Waals surface area contributed by atoms with E-state index in [1.165, 1.54) is 22.8 Å². The molecule has 2 amide bonds. The summed E-state index contributed by atoms with van der Waals surface area (Å²) in [5.74, 6) is -0.343. The molecule has 0 aliphatic rings. The first-order valence-corrected chi connectivity index (χ1v) is 9.45. The molecule has 7 nitrogen and oxygen atoms in total. The highest BCUT2D eigenvalue weighted by Crippen LogP contribution is 2.09. The quantitative estimate of drug-likeness (QED) is 0.257. The van der Waals surface area contributed by atoms with Gasteiger partial charge in [-0.25, -0.2) is 0 Å². The molecule has 0 spiro atoms. The summed E-state index contributed by atoms with van der Waals surface area (Å²) < 4.78 is 0. The maximum Gasteiger partial charge on any atom is 0.243 e. The van der Waals surface area contributed by atoms with Crippen LogP contribution in [0, 0.1) is 0 Å². The molecule has 0 saturated carbocycles. The predicted molar refractivity (Wildman–Crippen MR) is 111 cm³/mol. The average molecular weight is 389 g/mol. The van der Waals surface area contributed by atoms with E-state index in [4.69, 9.17) is 0 Å². The third-order valence-electron chi connectivity index (χ3n) is 4.12. The van der Waals surface area contributed by atoms with E-state index in [0.29, 0.717) is 32.6 Å². The second-order valence-electron chi connectivity index (χ2n) is 6.64. The summed E-state index contributed by atoms with van der Waals surface area (Å²) in [6.07, 6.45) is 4.04. The number of rotatable bonds is 14. The van der Waals surface area contributed by atoms with E-state index < -0.39 is 0 Å². The highest BCUT2D eigenvalue weighted by molar-refractivity contribution is 5.87. The third kappa shape index (κ3) is 10.6. The number of carbonyl (C=O) groups excluding carboxylic acids is 2. The van der Waals surface area contributed by atoms with Crippen molar-refractivity contribution in [2.24, 2.45) is 0 Å². The van der Waals surface area contributed by atoms with Gasteiger partial charge in [0.2, 0.25) is 11.8 Å². The molecule has 0 aromatic heterocycles. The molecule has 7 heteroatoms. The van der Waals surface area contributed by atoms with Crippen molar-refractivity contribution in [3.63, 3.8) is 0 Å². The van der Waals surface area contributed by atoms with Crippen LogP contribution in [0.15, 0.2) is 49.6 Å². The fraction of sp³-hybridized carbons (Fsp3) is 0.429. The largest absolute Gasteiger partial charge is 0.353 e. The minimum atomic E-state index is -0.202. The van der Waals surface area contributed by atoms with Crippen LogP contribution in [0.5, 0.6) is 0 Å². The topological polar surface area (TPSA) is 84.9 Å². The van der Waals surface area contributed by atoms with E-state index in [1.54, 1.807) is 0 Å². The van der Waals surface area contributed by atoms with Crippen LogP contribution in [0.3, 0.4) is 0 Å². The second-order valence-corrected chi connectivity index (χ2v) is 6.64. The van der Waals surface area contributed by atoms with Gasteiger partial charge < -0.3 is 20.7 Å². The number of benzene rings is 1. The van der Waals surface area contributed by atoms with Gasteiger partial charge in [0.05, 0.1) is 0 Å². The Morgan fingerprint density at radius 2 is 1.39 bits per heavy atom. The molecule has 154 valence electrons. The molecular formula is C21H32N4O3. The Bertz CT molecular complexity index is 576. The van der Waals surface area contributed by atoms with E-state index in [-0.39, 0.29) is 11.8 Å². The Labute approximate surface area is 167 Å². The third-order valence-corrected chi connectivity index (χ3v) is 4.12. The van der Waals surface area contributed by atoms with E-state index in [9.17, 15) is 14.8 Å². The Kier molecular flexibility index (Phi) is 11.5. The number of amides is 2. The molecule has 1 aromatic rings. The summed E-state index contributed by atoms with van der Waals surface area (Å²) in [4.78, 5) is 24.3. The van der Waals surface area contributed by atoms with Gasteiger partial charge in [-0.15, -0.1) is 0 Å². The lowest BCUT2D eigenvalue weighted by Crippen LogP contribution is -2.27. The van der Waals surface area contributed by atoms with E-state index in [1.807, 2.05) is 19.2 Å². The van der Waals surface area contributed by atoms with Crippen LogP contribution in [-0.4, -0.2) is 60.2 Å². The molecule has 0 radical (unpaired) electrons. The molecular weight excluding hydrogens is 356 g/mol. The van der Waals surface area contributed by atoms with Crippen molar-refractivity contribution >= 4 is 11.8 Å². The number of hydroxylamine groups is 2. The number of hydrogen-bond donors (Lipinski definition) is 3. The Balaban J connectivity index is 2.26. The summed E-state index contributed by atoms with van der Waals surface area (Å²) >= 11 is 0. The minimum Gasteiger partial charge on any atom is -0.353 e. The summed E-state index contributed by atoms with van der Waals surface area (Å²) in [5.41, 5.74) is 2.22. The summed E-state index contributed by atoms with van der Waals surface area (Å²) in [6.45, 7) is 10.6. The zero-order valence-electron chi connectivity index (χ0n) is 16.7. The van der Waals surface area contributed by atoms with Crippen molar-refractivity contribution in [3.05, 3.63) is 60.7 Å². The second kappa shape index (κ2) is 13.7. The van der Waals surface area contributed by atoms with Crippen molar-refractivity contribution < 1.29 is 14.8 Å². The van der Waals surface area contributed by atoms with Crippen LogP contribution in [0.1, 0.15) is 24.0 Å². The van der Waals surface area contributed by atoms with E-state index in [0.717, 1.165) is 25.1 Å². The zero-order valence-corrected chi connectivity index (χ0v) is 16.7. The van der Waals surface area contributed by atoms with Crippen LogP contribution in [-0.2, 0) is 22.7 Å². The molecule has 28 heavy (non-hydrogen) atoms. The van der Waals surface area contributed by atoms with Gasteiger partial charge in [-0.2, -0.15) is 5.06 Å². The number of nitrogens with one attached hydrogen (secondary N) is 2. The van der Waals surface area contributed by atoms with Crippen LogP contribution in [0.4, 0.5) is 0 Å². The monoisotopic (exact) mass is 388 g/mol. The van der Waals surface area contributed by atoms with Gasteiger partial charge in [0.25, 0.3) is 0 Å². The molecule has 1 rings (SSSR count). The molecule has 1 aromatic carbocycles. The van der Waals surface area contributed by atoms with Gasteiger partial charge in [0.1, 0.15) is 0 Å². The number of hydrogen-bond acceptors (Lipinski definition) is 5. The van der Waals surface area contributed by atoms with Crippen LogP contribution < -0.4 is 10.6 Å². The fourth-order valence-corrected chi connectivity index (χ4v) is 2.61. The van der Waals surface area contributed by atoms with Crippen molar-refractivity contribution in [2.45, 2.75) is 25.9 Å². The Morgan fingerprint density at radius 3 is 1.89 bits per heavy atom. The minimum absolute atomic E-state index is 0.141. The maximum absolute atomic E-state index is 11.1. The van der Waals surface area contributed by atoms with Crippen LogP contribution in [0.25, 0.3) is 0 Å². The molecule has 0 atom stereocenters.